The molecule has 0 aliphatic carbocycles. The molecule has 4 rings (SSSR count). The summed E-state index contributed by atoms with van der Waals surface area (Å²) in [5.74, 6) is 1.57. The smallest absolute Gasteiger partial charge is 0.130 e. The van der Waals surface area contributed by atoms with Crippen LogP contribution in [0.1, 0.15) is 35.6 Å². The third-order valence-electron chi connectivity index (χ3n) is 5.18. The first-order valence-electron chi connectivity index (χ1n) is 9.61. The topological polar surface area (TPSA) is 38.2 Å². The van der Waals surface area contributed by atoms with Crippen LogP contribution >= 0.6 is 0 Å². The molecule has 0 amide bonds. The Morgan fingerprint density at radius 2 is 1.78 bits per heavy atom. The minimum atomic E-state index is 0.502. The molecule has 0 radical (unpaired) electrons. The van der Waals surface area contributed by atoms with Gasteiger partial charge in [0.1, 0.15) is 12.4 Å². The van der Waals surface area contributed by atoms with Gasteiger partial charge in [-0.1, -0.05) is 18.2 Å². The van der Waals surface area contributed by atoms with Crippen LogP contribution in [0.5, 0.6) is 5.75 Å². The number of likely N-dealkylation sites (tertiary alicyclic amines) is 1. The molecule has 0 bridgehead atoms. The van der Waals surface area contributed by atoms with Crippen molar-refractivity contribution in [1.29, 1.82) is 0 Å². The highest BCUT2D eigenvalue weighted by Gasteiger charge is 2.20. The van der Waals surface area contributed by atoms with Gasteiger partial charge in [-0.15, -0.1) is 0 Å². The maximum absolute atomic E-state index is 5.91. The van der Waals surface area contributed by atoms with Crippen molar-refractivity contribution in [3.63, 3.8) is 0 Å². The van der Waals surface area contributed by atoms with Crippen molar-refractivity contribution in [2.45, 2.75) is 31.9 Å². The zero-order valence-electron chi connectivity index (χ0n) is 15.5. The van der Waals surface area contributed by atoms with Gasteiger partial charge in [-0.25, -0.2) is 0 Å². The van der Waals surface area contributed by atoms with Gasteiger partial charge in [0, 0.05) is 25.1 Å². The lowest BCUT2D eigenvalue weighted by Gasteiger charge is -2.32. The van der Waals surface area contributed by atoms with Gasteiger partial charge in [-0.3, -0.25) is 14.9 Å². The Bertz CT molecular complexity index is 831. The van der Waals surface area contributed by atoms with Gasteiger partial charge in [-0.05, 0) is 79.4 Å². The summed E-state index contributed by atoms with van der Waals surface area (Å²) in [7, 11) is 0. The van der Waals surface area contributed by atoms with E-state index in [1.165, 1.54) is 24.0 Å². The highest BCUT2D eigenvalue weighted by Crippen LogP contribution is 2.28. The molecule has 1 saturated heterocycles. The van der Waals surface area contributed by atoms with Crippen molar-refractivity contribution in [3.05, 3.63) is 90.0 Å². The van der Waals surface area contributed by atoms with E-state index < -0.39 is 0 Å². The Hall–Kier alpha value is -2.72. The quantitative estimate of drug-likeness (QED) is 0.652. The molecule has 0 atom stereocenters. The van der Waals surface area contributed by atoms with Gasteiger partial charge in [0.05, 0.1) is 5.69 Å². The first-order chi connectivity index (χ1) is 13.4. The highest BCUT2D eigenvalue weighted by molar-refractivity contribution is 5.29. The fraction of sp³-hybridized carbons (Fsp3) is 0.304. The zero-order chi connectivity index (χ0) is 18.3. The van der Waals surface area contributed by atoms with E-state index in [1.807, 2.05) is 36.7 Å². The third kappa shape index (κ3) is 4.92. The number of aromatic nitrogens is 2. The SMILES string of the molecule is c1ccc(COc2cccc(CN3CCC(c4ccncc4)CC3)c2)nc1. The van der Waals surface area contributed by atoms with Crippen molar-refractivity contribution in [1.82, 2.24) is 14.9 Å². The molecule has 3 heterocycles. The van der Waals surface area contributed by atoms with Crippen LogP contribution < -0.4 is 4.74 Å². The number of pyridine rings is 2. The van der Waals surface area contributed by atoms with Crippen LogP contribution in [0.2, 0.25) is 0 Å². The predicted molar refractivity (Wildman–Crippen MR) is 107 cm³/mol. The molecule has 4 nitrogen and oxygen atoms in total. The maximum Gasteiger partial charge on any atom is 0.130 e. The molecule has 0 saturated carbocycles. The van der Waals surface area contributed by atoms with E-state index in [0.29, 0.717) is 12.5 Å². The Balaban J connectivity index is 1.30. The molecule has 1 aromatic carbocycles. The van der Waals surface area contributed by atoms with Crippen LogP contribution in [0.4, 0.5) is 0 Å². The van der Waals surface area contributed by atoms with Crippen molar-refractivity contribution in [3.8, 4) is 5.75 Å². The fourth-order valence-corrected chi connectivity index (χ4v) is 3.69. The largest absolute Gasteiger partial charge is 0.487 e. The van der Waals surface area contributed by atoms with Crippen LogP contribution in [0.3, 0.4) is 0 Å². The average Bonchev–Trinajstić information content (AvgIpc) is 2.75. The number of hydrogen-bond donors (Lipinski definition) is 0. The second-order valence-electron chi connectivity index (χ2n) is 7.09. The molecule has 1 aliphatic rings. The standard InChI is InChI=1S/C23H25N3O/c1-2-11-25-22(5-1)18-27-23-6-3-4-19(16-23)17-26-14-9-21(10-15-26)20-7-12-24-13-8-20/h1-8,11-13,16,21H,9-10,14-15,17-18H2. The van der Waals surface area contributed by atoms with Gasteiger partial charge in [0.15, 0.2) is 0 Å². The van der Waals surface area contributed by atoms with Crippen LogP contribution in [0, 0.1) is 0 Å². The van der Waals surface area contributed by atoms with E-state index in [9.17, 15) is 0 Å². The molecule has 1 fully saturated rings. The van der Waals surface area contributed by atoms with Crippen molar-refractivity contribution in [2.24, 2.45) is 0 Å². The average molecular weight is 359 g/mol. The van der Waals surface area contributed by atoms with Crippen LogP contribution in [-0.4, -0.2) is 28.0 Å². The Kier molecular flexibility index (Phi) is 5.75. The molecule has 2 aromatic heterocycles. The molecule has 1 aliphatic heterocycles. The van der Waals surface area contributed by atoms with Crippen LogP contribution in [0.25, 0.3) is 0 Å². The number of piperidine rings is 1. The van der Waals surface area contributed by atoms with Gasteiger partial charge in [-0.2, -0.15) is 0 Å². The summed E-state index contributed by atoms with van der Waals surface area (Å²) in [6.07, 6.45) is 8.01. The number of hydrogen-bond acceptors (Lipinski definition) is 4. The van der Waals surface area contributed by atoms with Crippen molar-refractivity contribution >= 4 is 0 Å². The van der Waals surface area contributed by atoms with E-state index >= 15 is 0 Å². The molecule has 0 unspecified atom stereocenters. The van der Waals surface area contributed by atoms with E-state index in [-0.39, 0.29) is 0 Å². The third-order valence-corrected chi connectivity index (χ3v) is 5.18. The number of benzene rings is 1. The molecular formula is C23H25N3O. The number of nitrogens with zero attached hydrogens (tertiary/aromatic N) is 3. The van der Waals surface area contributed by atoms with E-state index in [0.717, 1.165) is 31.1 Å². The summed E-state index contributed by atoms with van der Waals surface area (Å²) >= 11 is 0. The van der Waals surface area contributed by atoms with Gasteiger partial charge in [0.2, 0.25) is 0 Å². The summed E-state index contributed by atoms with van der Waals surface area (Å²) in [6, 6.07) is 18.6. The molecule has 0 spiro atoms. The Morgan fingerprint density at radius 1 is 0.926 bits per heavy atom. The summed E-state index contributed by atoms with van der Waals surface area (Å²) in [5, 5.41) is 0. The Labute approximate surface area is 160 Å². The van der Waals surface area contributed by atoms with E-state index in [1.54, 1.807) is 6.20 Å². The predicted octanol–water partition coefficient (Wildman–Crippen LogP) is 4.44. The van der Waals surface area contributed by atoms with Crippen molar-refractivity contribution in [2.75, 3.05) is 13.1 Å². The van der Waals surface area contributed by atoms with Crippen molar-refractivity contribution < 1.29 is 4.74 Å². The van der Waals surface area contributed by atoms with Crippen LogP contribution in [-0.2, 0) is 13.2 Å². The summed E-state index contributed by atoms with van der Waals surface area (Å²) in [5.41, 5.74) is 3.67. The molecule has 3 aromatic rings. The molecule has 138 valence electrons. The lowest BCUT2D eigenvalue weighted by Crippen LogP contribution is -2.32. The Morgan fingerprint density at radius 3 is 2.56 bits per heavy atom. The normalized spacial score (nSPS) is 15.6. The van der Waals surface area contributed by atoms with E-state index in [2.05, 4.69) is 45.2 Å². The van der Waals surface area contributed by atoms with Crippen LogP contribution in [0.15, 0.2) is 73.2 Å². The van der Waals surface area contributed by atoms with E-state index in [4.69, 9.17) is 4.74 Å². The molecule has 4 heteroatoms. The minimum absolute atomic E-state index is 0.502. The molecule has 0 N–H and O–H groups in total. The number of rotatable bonds is 6. The summed E-state index contributed by atoms with van der Waals surface area (Å²) in [6.45, 7) is 3.74. The van der Waals surface area contributed by atoms with Gasteiger partial charge in [0.25, 0.3) is 0 Å². The lowest BCUT2D eigenvalue weighted by molar-refractivity contribution is 0.204. The second kappa shape index (κ2) is 8.78. The first-order valence-corrected chi connectivity index (χ1v) is 9.61. The number of ether oxygens (including phenoxy) is 1. The van der Waals surface area contributed by atoms with Gasteiger partial charge < -0.3 is 4.74 Å². The fourth-order valence-electron chi connectivity index (χ4n) is 3.69. The van der Waals surface area contributed by atoms with Gasteiger partial charge >= 0.3 is 0 Å². The highest BCUT2D eigenvalue weighted by atomic mass is 16.5. The molecular weight excluding hydrogens is 334 g/mol. The summed E-state index contributed by atoms with van der Waals surface area (Å²) < 4.78 is 5.91. The monoisotopic (exact) mass is 359 g/mol. The molecule has 27 heavy (non-hydrogen) atoms. The maximum atomic E-state index is 5.91. The zero-order valence-corrected chi connectivity index (χ0v) is 15.5. The summed E-state index contributed by atoms with van der Waals surface area (Å²) in [4.78, 5) is 11.0. The second-order valence-corrected chi connectivity index (χ2v) is 7.09. The minimum Gasteiger partial charge on any atom is -0.487 e. The first kappa shape index (κ1) is 17.7. The lowest BCUT2D eigenvalue weighted by atomic mass is 9.90.